The van der Waals surface area contributed by atoms with Crippen LogP contribution in [0.2, 0.25) is 0 Å². The normalized spacial score (nSPS) is 33.7. The molecule has 3 fully saturated rings. The highest BCUT2D eigenvalue weighted by molar-refractivity contribution is 5.07. The van der Waals surface area contributed by atoms with E-state index >= 15 is 0 Å². The fourth-order valence-electron chi connectivity index (χ4n) is 4.42. The molecule has 0 radical (unpaired) electrons. The van der Waals surface area contributed by atoms with Crippen molar-refractivity contribution in [3.63, 3.8) is 0 Å². The van der Waals surface area contributed by atoms with Crippen LogP contribution in [-0.2, 0) is 35.0 Å². The fourth-order valence-corrected chi connectivity index (χ4v) is 4.42. The summed E-state index contributed by atoms with van der Waals surface area (Å²) in [5, 5.41) is 17.9. The number of aliphatic hydroxyl groups excluding tert-OH is 1. The number of hydrogen-bond acceptors (Lipinski definition) is 10. The molecule has 3 aliphatic rings. The molecule has 1 unspecified atom stereocenters. The summed E-state index contributed by atoms with van der Waals surface area (Å²) in [7, 11) is 0. The van der Waals surface area contributed by atoms with Crippen molar-refractivity contribution in [2.24, 2.45) is 0 Å². The van der Waals surface area contributed by atoms with Gasteiger partial charge in [-0.3, -0.25) is 0 Å². The molecule has 3 saturated heterocycles. The topological polar surface area (TPSA) is 119 Å². The van der Waals surface area contributed by atoms with Gasteiger partial charge in [-0.2, -0.15) is 0 Å². The molecular weight excluding hydrogens is 422 g/mol. The highest BCUT2D eigenvalue weighted by Gasteiger charge is 2.60. The van der Waals surface area contributed by atoms with Gasteiger partial charge in [-0.15, -0.1) is 5.10 Å². The maximum atomic E-state index is 9.70. The van der Waals surface area contributed by atoms with Gasteiger partial charge in [0.25, 0.3) is 0 Å². The molecule has 0 aliphatic carbocycles. The zero-order valence-electron chi connectivity index (χ0n) is 18.5. The summed E-state index contributed by atoms with van der Waals surface area (Å²) in [4.78, 5) is 0. The first-order valence-corrected chi connectivity index (χ1v) is 10.7. The predicted molar refractivity (Wildman–Crippen MR) is 106 cm³/mol. The van der Waals surface area contributed by atoms with Crippen molar-refractivity contribution in [1.29, 1.82) is 0 Å². The third kappa shape index (κ3) is 4.21. The fraction of sp³-hybridized carbons (Fsp3) is 0.714. The zero-order valence-corrected chi connectivity index (χ0v) is 18.5. The van der Waals surface area contributed by atoms with Crippen LogP contribution in [-0.4, -0.2) is 75.6 Å². The summed E-state index contributed by atoms with van der Waals surface area (Å²) in [6.07, 6.45) is 1.28. The molecule has 0 spiro atoms. The first-order valence-electron chi connectivity index (χ1n) is 10.7. The first kappa shape index (κ1) is 22.0. The number of rotatable bonds is 7. The molecule has 5 heterocycles. The van der Waals surface area contributed by atoms with E-state index in [-0.39, 0.29) is 38.1 Å². The predicted octanol–water partition coefficient (Wildman–Crippen LogP) is 1.37. The molecule has 1 N–H and O–H groups in total. The molecule has 176 valence electrons. The Labute approximate surface area is 185 Å². The van der Waals surface area contributed by atoms with Crippen LogP contribution in [0.15, 0.2) is 29.0 Å². The molecule has 0 bridgehead atoms. The van der Waals surface area contributed by atoms with E-state index < -0.39 is 30.0 Å². The van der Waals surface area contributed by atoms with Gasteiger partial charge in [-0.1, -0.05) is 5.21 Å². The number of ether oxygens (including phenoxy) is 6. The Morgan fingerprint density at radius 1 is 1.09 bits per heavy atom. The minimum absolute atomic E-state index is 0.162. The van der Waals surface area contributed by atoms with Crippen LogP contribution in [0.4, 0.5) is 0 Å². The van der Waals surface area contributed by atoms with Crippen LogP contribution in [0.5, 0.6) is 0 Å². The Morgan fingerprint density at radius 2 is 1.84 bits per heavy atom. The lowest BCUT2D eigenvalue weighted by molar-refractivity contribution is -0.243. The smallest absolute Gasteiger partial charge is 0.190 e. The molecule has 6 atom stereocenters. The lowest BCUT2D eigenvalue weighted by Gasteiger charge is -2.37. The molecule has 32 heavy (non-hydrogen) atoms. The Balaban J connectivity index is 1.22. The van der Waals surface area contributed by atoms with Gasteiger partial charge in [0.05, 0.1) is 32.3 Å². The average molecular weight is 451 g/mol. The third-order valence-electron chi connectivity index (χ3n) is 5.70. The van der Waals surface area contributed by atoms with E-state index in [1.807, 2.05) is 27.7 Å². The molecule has 5 rings (SSSR count). The van der Waals surface area contributed by atoms with Crippen LogP contribution in [0, 0.1) is 0 Å². The Kier molecular flexibility index (Phi) is 5.61. The second-order valence-corrected chi connectivity index (χ2v) is 9.13. The number of fused-ring (bicyclic) bond motifs is 3. The van der Waals surface area contributed by atoms with Crippen LogP contribution in [0.3, 0.4) is 0 Å². The number of nitrogens with zero attached hydrogens (tertiary/aromatic N) is 3. The highest BCUT2D eigenvalue weighted by Crippen LogP contribution is 2.44. The largest absolute Gasteiger partial charge is 0.467 e. The van der Waals surface area contributed by atoms with E-state index in [4.69, 9.17) is 32.8 Å². The Bertz CT molecular complexity index is 914. The molecule has 0 aromatic carbocycles. The van der Waals surface area contributed by atoms with Crippen molar-refractivity contribution >= 4 is 0 Å². The van der Waals surface area contributed by atoms with Gasteiger partial charge in [0.1, 0.15) is 41.9 Å². The van der Waals surface area contributed by atoms with Crippen molar-refractivity contribution in [3.8, 4) is 0 Å². The standard InChI is InChI=1S/C21H29N3O8/c1-20(2)29-16-15(28-19-18(17(16)30-20)31-21(3,4)32-19)11-26-10-12-8-24(23-22-12)13(9-25)14-6-5-7-27-14/h5-8,13,15-19,25H,9-11H2,1-4H3/t13?,15-,16+,17+,18-,19-/m1/s1. The van der Waals surface area contributed by atoms with Gasteiger partial charge < -0.3 is 37.9 Å². The quantitative estimate of drug-likeness (QED) is 0.661. The van der Waals surface area contributed by atoms with Gasteiger partial charge in [0.15, 0.2) is 17.9 Å². The molecule has 2 aromatic rings. The summed E-state index contributed by atoms with van der Waals surface area (Å²) in [5.41, 5.74) is 0.616. The maximum absolute atomic E-state index is 9.70. The minimum atomic E-state index is -0.762. The van der Waals surface area contributed by atoms with Crippen molar-refractivity contribution in [2.45, 2.75) is 82.6 Å². The summed E-state index contributed by atoms with van der Waals surface area (Å²) in [5.74, 6) is -0.916. The van der Waals surface area contributed by atoms with E-state index in [1.165, 1.54) is 0 Å². The second kappa shape index (κ2) is 8.17. The molecule has 3 aliphatic heterocycles. The summed E-state index contributed by atoms with van der Waals surface area (Å²) >= 11 is 0. The minimum Gasteiger partial charge on any atom is -0.467 e. The SMILES string of the molecule is CC1(C)O[C@H]2[C@@H](O1)[C@@H](COCc1cn(C(CO)c3ccco3)nn1)O[C@@H]1OC(C)(C)O[C@@H]12. The zero-order chi connectivity index (χ0) is 22.5. The van der Waals surface area contributed by atoms with Gasteiger partial charge in [0.2, 0.25) is 0 Å². The monoisotopic (exact) mass is 451 g/mol. The van der Waals surface area contributed by atoms with Crippen molar-refractivity contribution in [2.75, 3.05) is 13.2 Å². The van der Waals surface area contributed by atoms with Gasteiger partial charge >= 0.3 is 0 Å². The molecular formula is C21H29N3O8. The van der Waals surface area contributed by atoms with Crippen molar-refractivity contribution in [1.82, 2.24) is 15.0 Å². The lowest BCUT2D eigenvalue weighted by Crippen LogP contribution is -2.56. The average Bonchev–Trinajstić information content (AvgIpc) is 3.48. The molecule has 11 heteroatoms. The van der Waals surface area contributed by atoms with Crippen LogP contribution in [0.25, 0.3) is 0 Å². The molecule has 11 nitrogen and oxygen atoms in total. The molecule has 0 saturated carbocycles. The second-order valence-electron chi connectivity index (χ2n) is 9.13. The van der Waals surface area contributed by atoms with Crippen LogP contribution in [0.1, 0.15) is 45.2 Å². The van der Waals surface area contributed by atoms with E-state index in [1.54, 1.807) is 29.3 Å². The van der Waals surface area contributed by atoms with Gasteiger partial charge in [-0.25, -0.2) is 4.68 Å². The molecule has 0 amide bonds. The van der Waals surface area contributed by atoms with E-state index in [0.29, 0.717) is 11.5 Å². The highest BCUT2D eigenvalue weighted by atomic mass is 16.9. The first-order chi connectivity index (χ1) is 15.2. The molecule has 2 aromatic heterocycles. The van der Waals surface area contributed by atoms with E-state index in [0.717, 1.165) is 0 Å². The Morgan fingerprint density at radius 3 is 2.59 bits per heavy atom. The number of aromatic nitrogens is 3. The van der Waals surface area contributed by atoms with E-state index in [2.05, 4.69) is 10.3 Å². The summed E-state index contributed by atoms with van der Waals surface area (Å²) in [6.45, 7) is 7.74. The maximum Gasteiger partial charge on any atom is 0.190 e. The van der Waals surface area contributed by atoms with Gasteiger partial charge in [0, 0.05) is 0 Å². The third-order valence-corrected chi connectivity index (χ3v) is 5.70. The lowest BCUT2D eigenvalue weighted by atomic mass is 9.99. The van der Waals surface area contributed by atoms with Crippen molar-refractivity contribution < 1.29 is 37.9 Å². The Hall–Kier alpha value is -1.86. The summed E-state index contributed by atoms with van der Waals surface area (Å²) < 4.78 is 43.1. The number of hydrogen-bond donors (Lipinski definition) is 1. The van der Waals surface area contributed by atoms with Gasteiger partial charge in [-0.05, 0) is 39.8 Å². The summed E-state index contributed by atoms with van der Waals surface area (Å²) in [6, 6.07) is 3.10. The van der Waals surface area contributed by atoms with Crippen LogP contribution < -0.4 is 0 Å². The van der Waals surface area contributed by atoms with Crippen LogP contribution >= 0.6 is 0 Å². The number of furan rings is 1. The van der Waals surface area contributed by atoms with E-state index in [9.17, 15) is 5.11 Å². The van der Waals surface area contributed by atoms with Crippen molar-refractivity contribution in [3.05, 3.63) is 36.0 Å². The number of aliphatic hydroxyl groups is 1.